The first-order valence-electron chi connectivity index (χ1n) is 12.0. The molecule has 0 heterocycles. The number of aliphatic hydroxyl groups is 2. The molecule has 9 heteroatoms. The van der Waals surface area contributed by atoms with E-state index in [0.717, 1.165) is 37.5 Å². The van der Waals surface area contributed by atoms with Crippen LogP contribution in [0, 0.1) is 28.6 Å². The molecular formula is C25H36O9. The normalized spacial score (nSPS) is 36.7. The van der Waals surface area contributed by atoms with Crippen LogP contribution in [0.15, 0.2) is 11.6 Å². The van der Waals surface area contributed by atoms with Gasteiger partial charge in [0.1, 0.15) is 0 Å². The Morgan fingerprint density at radius 2 is 1.56 bits per heavy atom. The zero-order valence-corrected chi connectivity index (χ0v) is 19.8. The summed E-state index contributed by atoms with van der Waals surface area (Å²) in [5, 5.41) is 44.3. The van der Waals surface area contributed by atoms with E-state index in [1.165, 1.54) is 31.3 Å². The number of allylic oxidation sites excluding steroid dienone is 1. The molecule has 4 rings (SSSR count). The summed E-state index contributed by atoms with van der Waals surface area (Å²) in [6, 6.07) is 0. The average molecular weight is 481 g/mol. The number of carboxylic acid groups (broad SMARTS) is 3. The van der Waals surface area contributed by atoms with E-state index in [2.05, 4.69) is 13.8 Å². The number of fused-ring (bicyclic) bond motifs is 5. The Morgan fingerprint density at radius 3 is 2.12 bits per heavy atom. The SMILES string of the molecule is C[C@]12CC[C@H]3[C@@H](CCC4=CC(=O)CC[C@@]43C)[C@@H]1CC[C@@H]2O.O=C(O)CC(O)(CC(=O)O)C(=O)O. The minimum atomic E-state index is -2.74. The van der Waals surface area contributed by atoms with Gasteiger partial charge in [-0.2, -0.15) is 0 Å². The molecule has 0 bridgehead atoms. The molecule has 190 valence electrons. The van der Waals surface area contributed by atoms with E-state index in [9.17, 15) is 24.3 Å². The smallest absolute Gasteiger partial charge is 0.336 e. The van der Waals surface area contributed by atoms with Crippen molar-refractivity contribution in [2.24, 2.45) is 28.6 Å². The molecule has 3 fully saturated rings. The molecule has 0 aromatic carbocycles. The quantitative estimate of drug-likeness (QED) is 0.397. The number of hydrogen-bond acceptors (Lipinski definition) is 6. The lowest BCUT2D eigenvalue weighted by Gasteiger charge is -2.57. The fraction of sp³-hybridized carbons (Fsp3) is 0.760. The van der Waals surface area contributed by atoms with Crippen LogP contribution >= 0.6 is 0 Å². The lowest BCUT2D eigenvalue weighted by molar-refractivity contribution is -0.170. The molecule has 34 heavy (non-hydrogen) atoms. The second kappa shape index (κ2) is 9.41. The van der Waals surface area contributed by atoms with Gasteiger partial charge in [-0.15, -0.1) is 0 Å². The maximum absolute atomic E-state index is 11.8. The number of hydrogen-bond donors (Lipinski definition) is 5. The van der Waals surface area contributed by atoms with Gasteiger partial charge in [-0.25, -0.2) is 4.79 Å². The molecule has 0 saturated heterocycles. The third-order valence-corrected chi connectivity index (χ3v) is 9.20. The van der Waals surface area contributed by atoms with Crippen LogP contribution in [-0.4, -0.2) is 60.9 Å². The van der Waals surface area contributed by atoms with Crippen LogP contribution in [0.4, 0.5) is 0 Å². The van der Waals surface area contributed by atoms with Crippen molar-refractivity contribution in [1.82, 2.24) is 0 Å². The van der Waals surface area contributed by atoms with Crippen LogP contribution in [0.25, 0.3) is 0 Å². The van der Waals surface area contributed by atoms with Crippen molar-refractivity contribution >= 4 is 23.7 Å². The fourth-order valence-electron chi connectivity index (χ4n) is 7.25. The third-order valence-electron chi connectivity index (χ3n) is 9.20. The fourth-order valence-corrected chi connectivity index (χ4v) is 7.25. The van der Waals surface area contributed by atoms with Gasteiger partial charge in [0.05, 0.1) is 18.9 Å². The standard InChI is InChI=1S/C19H28O2.C6H8O7/c1-18-9-7-13(20)11-12(18)3-4-14-15-5-6-17(21)19(15,2)10-8-16(14)18;7-3(8)1-6(13,5(11)12)2-4(9)10/h11,14-17,21H,3-10H2,1-2H3;13H,1-2H2,(H,7,8)(H,9,10)(H,11,12)/t14-,15-,16-,17-,18-,19-;/m0./s1. The highest BCUT2D eigenvalue weighted by Gasteiger charge is 2.58. The Bertz CT molecular complexity index is 877. The van der Waals surface area contributed by atoms with Gasteiger partial charge < -0.3 is 25.5 Å². The molecule has 9 nitrogen and oxygen atoms in total. The van der Waals surface area contributed by atoms with Crippen molar-refractivity contribution in [3.8, 4) is 0 Å². The molecule has 0 spiro atoms. The molecular weight excluding hydrogens is 444 g/mol. The summed E-state index contributed by atoms with van der Waals surface area (Å²) in [6.07, 6.45) is 8.42. The van der Waals surface area contributed by atoms with Crippen LogP contribution < -0.4 is 0 Å². The molecule has 0 unspecified atom stereocenters. The van der Waals surface area contributed by atoms with E-state index in [1.54, 1.807) is 0 Å². The van der Waals surface area contributed by atoms with E-state index in [4.69, 9.17) is 20.4 Å². The van der Waals surface area contributed by atoms with Crippen molar-refractivity contribution in [3.63, 3.8) is 0 Å². The van der Waals surface area contributed by atoms with E-state index in [0.29, 0.717) is 11.7 Å². The molecule has 0 radical (unpaired) electrons. The maximum Gasteiger partial charge on any atom is 0.336 e. The molecule has 5 N–H and O–H groups in total. The number of carboxylic acids is 3. The first-order valence-corrected chi connectivity index (χ1v) is 12.0. The number of carbonyl (C=O) groups is 4. The van der Waals surface area contributed by atoms with Crippen molar-refractivity contribution in [3.05, 3.63) is 11.6 Å². The van der Waals surface area contributed by atoms with Crippen LogP contribution in [0.2, 0.25) is 0 Å². The van der Waals surface area contributed by atoms with Crippen LogP contribution in [0.5, 0.6) is 0 Å². The Hall–Kier alpha value is -2.26. The Balaban J connectivity index is 0.000000218. The number of aliphatic hydroxyl groups excluding tert-OH is 1. The highest BCUT2D eigenvalue weighted by molar-refractivity contribution is 5.91. The molecule has 0 aromatic rings. The highest BCUT2D eigenvalue weighted by atomic mass is 16.4. The van der Waals surface area contributed by atoms with Gasteiger partial charge in [0.15, 0.2) is 11.4 Å². The monoisotopic (exact) mass is 480 g/mol. The first-order chi connectivity index (χ1) is 15.7. The summed E-state index contributed by atoms with van der Waals surface area (Å²) in [5.74, 6) is -2.44. The zero-order valence-electron chi connectivity index (χ0n) is 19.8. The summed E-state index contributed by atoms with van der Waals surface area (Å²) in [4.78, 5) is 42.3. The van der Waals surface area contributed by atoms with Crippen molar-refractivity contribution in [1.29, 1.82) is 0 Å². The Kier molecular flexibility index (Phi) is 7.30. The second-order valence-corrected chi connectivity index (χ2v) is 11.1. The van der Waals surface area contributed by atoms with Gasteiger partial charge in [-0.3, -0.25) is 14.4 Å². The lowest BCUT2D eigenvalue weighted by atomic mass is 9.47. The predicted molar refractivity (Wildman–Crippen MR) is 120 cm³/mol. The second-order valence-electron chi connectivity index (χ2n) is 11.1. The molecule has 0 amide bonds. The van der Waals surface area contributed by atoms with E-state index in [1.807, 2.05) is 6.08 Å². The van der Waals surface area contributed by atoms with Crippen LogP contribution in [0.3, 0.4) is 0 Å². The first kappa shape index (κ1) is 26.3. The summed E-state index contributed by atoms with van der Waals surface area (Å²) in [7, 11) is 0. The van der Waals surface area contributed by atoms with E-state index in [-0.39, 0.29) is 16.9 Å². The third kappa shape index (κ3) is 4.77. The van der Waals surface area contributed by atoms with Crippen LogP contribution in [0.1, 0.15) is 78.1 Å². The molecule has 0 aliphatic heterocycles. The highest BCUT2D eigenvalue weighted by Crippen LogP contribution is 2.65. The summed E-state index contributed by atoms with van der Waals surface area (Å²) >= 11 is 0. The minimum absolute atomic E-state index is 0.0823. The molecule has 4 aliphatic carbocycles. The Morgan fingerprint density at radius 1 is 0.941 bits per heavy atom. The lowest BCUT2D eigenvalue weighted by Crippen LogP contribution is -2.51. The van der Waals surface area contributed by atoms with Gasteiger partial charge in [-0.1, -0.05) is 19.4 Å². The number of carbonyl (C=O) groups excluding carboxylic acids is 1. The number of aliphatic carboxylic acids is 3. The average Bonchev–Trinajstić information content (AvgIpc) is 3.02. The molecule has 3 saturated carbocycles. The largest absolute Gasteiger partial charge is 0.481 e. The van der Waals surface area contributed by atoms with Gasteiger partial charge in [0.25, 0.3) is 0 Å². The van der Waals surface area contributed by atoms with E-state index < -0.39 is 36.4 Å². The van der Waals surface area contributed by atoms with Crippen molar-refractivity contribution in [2.75, 3.05) is 0 Å². The van der Waals surface area contributed by atoms with Crippen LogP contribution in [-0.2, 0) is 19.2 Å². The summed E-state index contributed by atoms with van der Waals surface area (Å²) in [5.41, 5.74) is -0.853. The summed E-state index contributed by atoms with van der Waals surface area (Å²) in [6.45, 7) is 4.76. The van der Waals surface area contributed by atoms with Gasteiger partial charge in [0, 0.05) is 6.42 Å². The van der Waals surface area contributed by atoms with Gasteiger partial charge >= 0.3 is 17.9 Å². The van der Waals surface area contributed by atoms with Crippen molar-refractivity contribution < 1.29 is 44.7 Å². The minimum Gasteiger partial charge on any atom is -0.481 e. The maximum atomic E-state index is 11.8. The molecule has 6 atom stereocenters. The van der Waals surface area contributed by atoms with Gasteiger partial charge in [0.2, 0.25) is 0 Å². The zero-order chi connectivity index (χ0) is 25.5. The molecule has 0 aromatic heterocycles. The molecule has 4 aliphatic rings. The number of rotatable bonds is 5. The topological polar surface area (TPSA) is 169 Å². The van der Waals surface area contributed by atoms with Gasteiger partial charge in [-0.05, 0) is 79.6 Å². The number of ketones is 1. The van der Waals surface area contributed by atoms with Crippen molar-refractivity contribution in [2.45, 2.75) is 89.8 Å². The Labute approximate surface area is 198 Å². The summed E-state index contributed by atoms with van der Waals surface area (Å²) < 4.78 is 0. The predicted octanol–water partition coefficient (Wildman–Crippen LogP) is 2.63. The van der Waals surface area contributed by atoms with E-state index >= 15 is 0 Å².